The Morgan fingerprint density at radius 1 is 1.33 bits per heavy atom. The van der Waals surface area contributed by atoms with Crippen LogP contribution in [0, 0.1) is 0 Å². The number of rotatable bonds is 4. The van der Waals surface area contributed by atoms with Gasteiger partial charge in [0.1, 0.15) is 5.69 Å². The number of carboxylic acid groups (broad SMARTS) is 1. The highest BCUT2D eigenvalue weighted by atomic mass is 32.1. The molecule has 0 fully saturated rings. The number of aromatic carboxylic acids is 1. The summed E-state index contributed by atoms with van der Waals surface area (Å²) < 4.78 is 7.85. The molecular weight excluding hydrogens is 248 g/mol. The van der Waals surface area contributed by atoms with Crippen molar-refractivity contribution in [2.75, 3.05) is 0 Å². The minimum atomic E-state index is -1.04. The fraction of sp³-hybridized carbons (Fsp3) is 0.308. The van der Waals surface area contributed by atoms with Crippen LogP contribution in [0.3, 0.4) is 0 Å². The molecular formula is C13H14N2O2S. The summed E-state index contributed by atoms with van der Waals surface area (Å²) in [7, 11) is 0. The molecule has 1 aromatic carbocycles. The third kappa shape index (κ3) is 2.41. The zero-order valence-corrected chi connectivity index (χ0v) is 11.1. The van der Waals surface area contributed by atoms with Crippen LogP contribution in [-0.4, -0.2) is 19.8 Å². The van der Waals surface area contributed by atoms with E-state index in [0.29, 0.717) is 11.6 Å². The fourth-order valence-electron chi connectivity index (χ4n) is 1.72. The second-order valence-electron chi connectivity index (χ2n) is 4.20. The van der Waals surface area contributed by atoms with Crippen LogP contribution in [0.25, 0.3) is 11.3 Å². The lowest BCUT2D eigenvalue weighted by molar-refractivity contribution is 0.0692. The van der Waals surface area contributed by atoms with Crippen molar-refractivity contribution in [3.8, 4) is 11.3 Å². The second kappa shape index (κ2) is 5.27. The van der Waals surface area contributed by atoms with E-state index < -0.39 is 5.97 Å². The minimum absolute atomic E-state index is 0.0243. The first kappa shape index (κ1) is 12.7. The highest BCUT2D eigenvalue weighted by Crippen LogP contribution is 2.25. The van der Waals surface area contributed by atoms with Crippen molar-refractivity contribution >= 4 is 17.7 Å². The van der Waals surface area contributed by atoms with E-state index in [1.165, 1.54) is 5.56 Å². The van der Waals surface area contributed by atoms with Crippen molar-refractivity contribution in [2.45, 2.75) is 26.2 Å². The largest absolute Gasteiger partial charge is 0.476 e. The molecule has 1 atom stereocenters. The Hall–Kier alpha value is -1.75. The van der Waals surface area contributed by atoms with E-state index in [0.717, 1.165) is 23.7 Å². The molecule has 0 aliphatic heterocycles. The first-order chi connectivity index (χ1) is 8.63. The Labute approximate surface area is 110 Å². The second-order valence-corrected chi connectivity index (χ2v) is 4.73. The van der Waals surface area contributed by atoms with Crippen LogP contribution in [0.1, 0.15) is 42.2 Å². The van der Waals surface area contributed by atoms with Crippen molar-refractivity contribution in [1.29, 1.82) is 0 Å². The number of benzene rings is 1. The molecule has 2 aromatic rings. The van der Waals surface area contributed by atoms with Gasteiger partial charge in [-0.15, -0.1) is 0 Å². The molecule has 0 aliphatic carbocycles. The molecule has 1 N–H and O–H groups in total. The van der Waals surface area contributed by atoms with Gasteiger partial charge in [0.2, 0.25) is 0 Å². The third-order valence-electron chi connectivity index (χ3n) is 3.06. The molecule has 0 saturated carbocycles. The number of aromatic nitrogens is 2. The Kier molecular flexibility index (Phi) is 3.72. The van der Waals surface area contributed by atoms with E-state index in [1.807, 2.05) is 24.3 Å². The Balaban J connectivity index is 2.34. The van der Waals surface area contributed by atoms with Gasteiger partial charge in [-0.3, -0.25) is 0 Å². The quantitative estimate of drug-likeness (QED) is 0.917. The summed E-state index contributed by atoms with van der Waals surface area (Å²) in [6, 6.07) is 7.86. The van der Waals surface area contributed by atoms with Gasteiger partial charge in [0.05, 0.1) is 11.7 Å². The molecule has 0 saturated heterocycles. The summed E-state index contributed by atoms with van der Waals surface area (Å²) in [6.45, 7) is 4.31. The van der Waals surface area contributed by atoms with Crippen molar-refractivity contribution in [3.63, 3.8) is 0 Å². The average Bonchev–Trinajstić information content (AvgIpc) is 2.87. The van der Waals surface area contributed by atoms with Gasteiger partial charge < -0.3 is 5.11 Å². The van der Waals surface area contributed by atoms with Gasteiger partial charge in [-0.2, -0.15) is 8.75 Å². The van der Waals surface area contributed by atoms with Crippen molar-refractivity contribution < 1.29 is 9.90 Å². The molecule has 0 radical (unpaired) electrons. The zero-order valence-electron chi connectivity index (χ0n) is 10.3. The van der Waals surface area contributed by atoms with Crippen LogP contribution in [0.5, 0.6) is 0 Å². The average molecular weight is 262 g/mol. The molecule has 4 nitrogen and oxygen atoms in total. The summed E-state index contributed by atoms with van der Waals surface area (Å²) >= 11 is 0.924. The molecule has 1 heterocycles. The van der Waals surface area contributed by atoms with E-state index in [1.54, 1.807) is 0 Å². The SMILES string of the molecule is CCC(C)c1ccc(-c2nsnc2C(=O)O)cc1. The van der Waals surface area contributed by atoms with Gasteiger partial charge in [0, 0.05) is 5.56 Å². The normalized spacial score (nSPS) is 12.3. The van der Waals surface area contributed by atoms with E-state index in [9.17, 15) is 4.79 Å². The van der Waals surface area contributed by atoms with E-state index in [2.05, 4.69) is 22.6 Å². The third-order valence-corrected chi connectivity index (χ3v) is 3.59. The lowest BCUT2D eigenvalue weighted by atomic mass is 9.97. The smallest absolute Gasteiger partial charge is 0.357 e. The first-order valence-electron chi connectivity index (χ1n) is 5.79. The number of hydrogen-bond donors (Lipinski definition) is 1. The van der Waals surface area contributed by atoms with Gasteiger partial charge in [-0.1, -0.05) is 38.1 Å². The Morgan fingerprint density at radius 2 is 2.00 bits per heavy atom. The molecule has 0 bridgehead atoms. The molecule has 0 aliphatic rings. The number of hydrogen-bond acceptors (Lipinski definition) is 4. The van der Waals surface area contributed by atoms with Crippen LogP contribution in [0.2, 0.25) is 0 Å². The lowest BCUT2D eigenvalue weighted by Crippen LogP contribution is -1.99. The van der Waals surface area contributed by atoms with Crippen LogP contribution in [0.4, 0.5) is 0 Å². The lowest BCUT2D eigenvalue weighted by Gasteiger charge is -2.09. The molecule has 18 heavy (non-hydrogen) atoms. The van der Waals surface area contributed by atoms with Crippen LogP contribution >= 0.6 is 11.7 Å². The highest BCUT2D eigenvalue weighted by molar-refractivity contribution is 6.99. The summed E-state index contributed by atoms with van der Waals surface area (Å²) in [6.07, 6.45) is 1.08. The predicted octanol–water partition coefficient (Wildman–Crippen LogP) is 3.42. The van der Waals surface area contributed by atoms with Crippen molar-refractivity contribution in [3.05, 3.63) is 35.5 Å². The first-order valence-corrected chi connectivity index (χ1v) is 6.52. The van der Waals surface area contributed by atoms with E-state index in [-0.39, 0.29) is 5.69 Å². The molecule has 0 amide bonds. The minimum Gasteiger partial charge on any atom is -0.476 e. The highest BCUT2D eigenvalue weighted by Gasteiger charge is 2.16. The summed E-state index contributed by atoms with van der Waals surface area (Å²) in [5.74, 6) is -0.531. The molecule has 1 unspecified atom stereocenters. The van der Waals surface area contributed by atoms with E-state index in [4.69, 9.17) is 5.11 Å². The maximum absolute atomic E-state index is 11.0. The number of nitrogens with zero attached hydrogens (tertiary/aromatic N) is 2. The fourth-order valence-corrected chi connectivity index (χ4v) is 2.28. The number of carbonyl (C=O) groups is 1. The van der Waals surface area contributed by atoms with Crippen LogP contribution in [0.15, 0.2) is 24.3 Å². The van der Waals surface area contributed by atoms with Gasteiger partial charge in [0.15, 0.2) is 5.69 Å². The van der Waals surface area contributed by atoms with Crippen LogP contribution < -0.4 is 0 Å². The number of carboxylic acids is 1. The molecule has 94 valence electrons. The monoisotopic (exact) mass is 262 g/mol. The van der Waals surface area contributed by atoms with Crippen molar-refractivity contribution in [1.82, 2.24) is 8.75 Å². The maximum Gasteiger partial charge on any atom is 0.357 e. The van der Waals surface area contributed by atoms with Gasteiger partial charge in [-0.05, 0) is 17.9 Å². The summed E-state index contributed by atoms with van der Waals surface area (Å²) in [5, 5.41) is 9.00. The van der Waals surface area contributed by atoms with Crippen molar-refractivity contribution in [2.24, 2.45) is 0 Å². The topological polar surface area (TPSA) is 63.1 Å². The predicted molar refractivity (Wildman–Crippen MR) is 71.0 cm³/mol. The maximum atomic E-state index is 11.0. The standard InChI is InChI=1S/C13H14N2O2S/c1-3-8(2)9-4-6-10(7-5-9)11-12(13(16)17)15-18-14-11/h4-8H,3H2,1-2H3,(H,16,17). The molecule has 2 rings (SSSR count). The van der Waals surface area contributed by atoms with Gasteiger partial charge in [-0.25, -0.2) is 4.79 Å². The Morgan fingerprint density at radius 3 is 2.56 bits per heavy atom. The molecule has 5 heteroatoms. The Bertz CT molecular complexity index is 548. The zero-order chi connectivity index (χ0) is 13.1. The molecule has 0 spiro atoms. The van der Waals surface area contributed by atoms with E-state index >= 15 is 0 Å². The van der Waals surface area contributed by atoms with Crippen LogP contribution in [-0.2, 0) is 0 Å². The van der Waals surface area contributed by atoms with Gasteiger partial charge >= 0.3 is 5.97 Å². The summed E-state index contributed by atoms with van der Waals surface area (Å²) in [4.78, 5) is 11.0. The summed E-state index contributed by atoms with van der Waals surface area (Å²) in [5.41, 5.74) is 2.52. The molecule has 1 aromatic heterocycles. The van der Waals surface area contributed by atoms with Gasteiger partial charge in [0.25, 0.3) is 0 Å².